The summed E-state index contributed by atoms with van der Waals surface area (Å²) in [5.74, 6) is -0.170. The zero-order valence-electron chi connectivity index (χ0n) is 12.4. The third-order valence-corrected chi connectivity index (χ3v) is 4.22. The van der Waals surface area contributed by atoms with Crippen LogP contribution in [0.5, 0.6) is 0 Å². The van der Waals surface area contributed by atoms with Gasteiger partial charge in [-0.05, 0) is 12.1 Å². The van der Waals surface area contributed by atoms with Crippen LogP contribution in [0.4, 0.5) is 5.69 Å². The number of H-pyrrole nitrogens is 1. The van der Waals surface area contributed by atoms with Crippen molar-refractivity contribution in [3.63, 3.8) is 0 Å². The molecule has 0 aliphatic rings. The van der Waals surface area contributed by atoms with Gasteiger partial charge >= 0.3 is 0 Å². The molecule has 0 unspecified atom stereocenters. The fourth-order valence-corrected chi connectivity index (χ4v) is 3.01. The normalized spacial score (nSPS) is 10.5. The maximum Gasteiger partial charge on any atom is 0.251 e. The van der Waals surface area contributed by atoms with E-state index in [-0.39, 0.29) is 11.1 Å². The Kier molecular flexibility index (Phi) is 4.60. The van der Waals surface area contributed by atoms with Gasteiger partial charge in [0.1, 0.15) is 5.15 Å². The Morgan fingerprint density at radius 1 is 1.42 bits per heavy atom. The Morgan fingerprint density at radius 2 is 2.17 bits per heavy atom. The minimum absolute atomic E-state index is 0.170. The van der Waals surface area contributed by atoms with Crippen LogP contribution in [0, 0.1) is 11.2 Å². The second kappa shape index (κ2) is 6.83. The van der Waals surface area contributed by atoms with E-state index >= 15 is 0 Å². The molecular formula is C16H12ClN5OS. The third-order valence-electron chi connectivity index (χ3n) is 3.54. The van der Waals surface area contributed by atoms with E-state index in [1.54, 1.807) is 28.8 Å². The molecule has 0 saturated heterocycles. The first kappa shape index (κ1) is 16.2. The second-order valence-corrected chi connectivity index (χ2v) is 5.70. The SMILES string of the molecule is [C-]#[N+]c1c(Cl)n(CCNC(=O)c2ccccc2)c2c(=S)nc[nH]c12. The number of fused-ring (bicyclic) bond motifs is 1. The lowest BCUT2D eigenvalue weighted by molar-refractivity contribution is 0.0952. The smallest absolute Gasteiger partial charge is 0.251 e. The lowest BCUT2D eigenvalue weighted by Gasteiger charge is -2.09. The van der Waals surface area contributed by atoms with Crippen molar-refractivity contribution in [2.75, 3.05) is 6.54 Å². The molecule has 24 heavy (non-hydrogen) atoms. The first-order valence-electron chi connectivity index (χ1n) is 7.09. The van der Waals surface area contributed by atoms with Gasteiger partial charge in [-0.25, -0.2) is 9.83 Å². The summed E-state index contributed by atoms with van der Waals surface area (Å²) in [6, 6.07) is 8.94. The summed E-state index contributed by atoms with van der Waals surface area (Å²) in [5, 5.41) is 3.11. The van der Waals surface area contributed by atoms with Crippen LogP contribution in [-0.2, 0) is 6.54 Å². The maximum atomic E-state index is 12.1. The van der Waals surface area contributed by atoms with E-state index in [1.807, 2.05) is 6.07 Å². The minimum Gasteiger partial charge on any atom is -0.354 e. The molecule has 0 aliphatic heterocycles. The van der Waals surface area contributed by atoms with Gasteiger partial charge in [0.05, 0.1) is 23.9 Å². The molecular weight excluding hydrogens is 346 g/mol. The number of nitrogens with one attached hydrogen (secondary N) is 2. The van der Waals surface area contributed by atoms with E-state index in [4.69, 9.17) is 30.4 Å². The fraction of sp³-hybridized carbons (Fsp3) is 0.125. The van der Waals surface area contributed by atoms with E-state index in [0.29, 0.717) is 40.0 Å². The summed E-state index contributed by atoms with van der Waals surface area (Å²) in [4.78, 5) is 22.5. The molecule has 120 valence electrons. The quantitative estimate of drug-likeness (QED) is 0.552. The van der Waals surface area contributed by atoms with Crippen LogP contribution in [0.25, 0.3) is 15.9 Å². The lowest BCUT2D eigenvalue weighted by atomic mass is 10.2. The van der Waals surface area contributed by atoms with Gasteiger partial charge in [-0.2, -0.15) is 0 Å². The van der Waals surface area contributed by atoms with E-state index in [2.05, 4.69) is 20.1 Å². The lowest BCUT2D eigenvalue weighted by Crippen LogP contribution is -2.27. The molecule has 1 amide bonds. The summed E-state index contributed by atoms with van der Waals surface area (Å²) >= 11 is 11.5. The third kappa shape index (κ3) is 2.89. The second-order valence-electron chi connectivity index (χ2n) is 4.96. The minimum atomic E-state index is -0.170. The van der Waals surface area contributed by atoms with E-state index in [1.165, 1.54) is 6.33 Å². The number of amides is 1. The van der Waals surface area contributed by atoms with E-state index < -0.39 is 0 Å². The topological polar surface area (TPSA) is 67.1 Å². The molecule has 2 heterocycles. The zero-order valence-corrected chi connectivity index (χ0v) is 14.0. The highest BCUT2D eigenvalue weighted by Crippen LogP contribution is 2.35. The van der Waals surface area contributed by atoms with Crippen molar-refractivity contribution in [1.29, 1.82) is 0 Å². The number of rotatable bonds is 4. The molecule has 0 saturated carbocycles. The van der Waals surface area contributed by atoms with E-state index in [0.717, 1.165) is 0 Å². The number of hydrogen-bond donors (Lipinski definition) is 2. The number of carbonyl (C=O) groups is 1. The fourth-order valence-electron chi connectivity index (χ4n) is 2.44. The molecule has 0 fully saturated rings. The highest BCUT2D eigenvalue weighted by molar-refractivity contribution is 7.71. The van der Waals surface area contributed by atoms with Crippen molar-refractivity contribution in [3.8, 4) is 0 Å². The molecule has 2 aromatic heterocycles. The van der Waals surface area contributed by atoms with Gasteiger partial charge in [-0.3, -0.25) is 4.79 Å². The van der Waals surface area contributed by atoms with Crippen LogP contribution >= 0.6 is 23.8 Å². The number of aromatic amines is 1. The van der Waals surface area contributed by atoms with Crippen molar-refractivity contribution in [2.45, 2.75) is 6.54 Å². The van der Waals surface area contributed by atoms with Crippen LogP contribution in [0.15, 0.2) is 36.7 Å². The van der Waals surface area contributed by atoms with E-state index in [9.17, 15) is 4.79 Å². The summed E-state index contributed by atoms with van der Waals surface area (Å²) < 4.78 is 2.05. The average Bonchev–Trinajstić information content (AvgIpc) is 2.88. The largest absolute Gasteiger partial charge is 0.354 e. The highest BCUT2D eigenvalue weighted by atomic mass is 35.5. The van der Waals surface area contributed by atoms with Gasteiger partial charge in [-0.15, -0.1) is 0 Å². The first-order chi connectivity index (χ1) is 11.6. The molecule has 1 aromatic carbocycles. The van der Waals surface area contributed by atoms with Gasteiger partial charge in [0.2, 0.25) is 5.69 Å². The van der Waals surface area contributed by atoms with Gasteiger partial charge in [0.15, 0.2) is 4.64 Å². The number of benzene rings is 1. The molecule has 3 aromatic rings. The number of hydrogen-bond acceptors (Lipinski definition) is 3. The van der Waals surface area contributed by atoms with Crippen LogP contribution in [0.2, 0.25) is 5.15 Å². The molecule has 6 nitrogen and oxygen atoms in total. The Morgan fingerprint density at radius 3 is 2.88 bits per heavy atom. The average molecular weight is 358 g/mol. The molecule has 3 rings (SSSR count). The molecule has 0 bridgehead atoms. The van der Waals surface area contributed by atoms with Crippen LogP contribution in [0.3, 0.4) is 0 Å². The Labute approximate surface area is 147 Å². The molecule has 0 radical (unpaired) electrons. The van der Waals surface area contributed by atoms with Crippen LogP contribution in [0.1, 0.15) is 10.4 Å². The number of halogens is 1. The summed E-state index contributed by atoms with van der Waals surface area (Å²) in [7, 11) is 0. The highest BCUT2D eigenvalue weighted by Gasteiger charge is 2.17. The van der Waals surface area contributed by atoms with Gasteiger partial charge < -0.3 is 14.9 Å². The van der Waals surface area contributed by atoms with Crippen molar-refractivity contribution in [1.82, 2.24) is 19.9 Å². The van der Waals surface area contributed by atoms with Crippen LogP contribution in [-0.4, -0.2) is 27.0 Å². The standard InChI is InChI=1S/C16H12ClN5OS/c1-18-12-11-13(16(24)21-9-20-11)22(14(12)17)8-7-19-15(23)10-5-3-2-4-6-10/h2-6,9H,7-8H2,(H,19,23)(H,20,21,24). The van der Waals surface area contributed by atoms with Crippen LogP contribution < -0.4 is 5.32 Å². The molecule has 8 heteroatoms. The Balaban J connectivity index is 1.84. The molecule has 0 aliphatic carbocycles. The monoisotopic (exact) mass is 357 g/mol. The molecule has 0 spiro atoms. The van der Waals surface area contributed by atoms with Gasteiger partial charge in [0, 0.05) is 18.7 Å². The Hall–Kier alpha value is -2.69. The van der Waals surface area contributed by atoms with Gasteiger partial charge in [0.25, 0.3) is 5.91 Å². The zero-order chi connectivity index (χ0) is 17.1. The summed E-state index contributed by atoms with van der Waals surface area (Å²) in [6.45, 7) is 8.02. The summed E-state index contributed by atoms with van der Waals surface area (Å²) in [5.41, 5.74) is 2.04. The predicted octanol–water partition coefficient (Wildman–Crippen LogP) is 3.73. The number of nitrogens with zero attached hydrogens (tertiary/aromatic N) is 3. The van der Waals surface area contributed by atoms with Crippen molar-refractivity contribution < 1.29 is 4.79 Å². The number of carbonyl (C=O) groups excluding carboxylic acids is 1. The van der Waals surface area contributed by atoms with Crippen molar-refractivity contribution >= 4 is 46.4 Å². The van der Waals surface area contributed by atoms with Gasteiger partial charge in [-0.1, -0.05) is 42.0 Å². The molecule has 0 atom stereocenters. The van der Waals surface area contributed by atoms with Crippen molar-refractivity contribution in [2.24, 2.45) is 0 Å². The molecule has 2 N–H and O–H groups in total. The Bertz CT molecular complexity index is 1000. The summed E-state index contributed by atoms with van der Waals surface area (Å²) in [6.07, 6.45) is 1.44. The van der Waals surface area contributed by atoms with Crippen molar-refractivity contribution in [3.05, 3.63) is 63.4 Å². The predicted molar refractivity (Wildman–Crippen MR) is 95.0 cm³/mol. The first-order valence-corrected chi connectivity index (χ1v) is 7.88. The number of aromatic nitrogens is 3. The maximum absolute atomic E-state index is 12.1.